The molecule has 0 radical (unpaired) electrons. The molecule has 1 heterocycles. The third-order valence-corrected chi connectivity index (χ3v) is 4.81. The van der Waals surface area contributed by atoms with E-state index in [1.165, 1.54) is 0 Å². The zero-order chi connectivity index (χ0) is 19.3. The average Bonchev–Trinajstić information content (AvgIpc) is 2.96. The Hall–Kier alpha value is -1.67. The number of rotatable bonds is 8. The molecule has 0 unspecified atom stereocenters. The molecule has 8 heteroatoms. The van der Waals surface area contributed by atoms with Crippen molar-refractivity contribution in [3.05, 3.63) is 32.8 Å². The topological polar surface area (TPSA) is 64.4 Å². The van der Waals surface area contributed by atoms with E-state index in [1.807, 2.05) is 26.0 Å². The van der Waals surface area contributed by atoms with Crippen molar-refractivity contribution in [2.75, 3.05) is 7.11 Å². The quantitative estimate of drug-likeness (QED) is 0.447. The molecule has 0 spiro atoms. The van der Waals surface area contributed by atoms with Gasteiger partial charge in [0, 0.05) is 5.92 Å². The average molecular weight is 441 g/mol. The third kappa shape index (κ3) is 4.73. The Morgan fingerprint density at radius 1 is 1.35 bits per heavy atom. The summed E-state index contributed by atoms with van der Waals surface area (Å²) in [7, 11) is 1.62. The van der Waals surface area contributed by atoms with E-state index >= 15 is 0 Å². The molecule has 2 rings (SSSR count). The highest BCUT2D eigenvalue weighted by molar-refractivity contribution is 9.10. The van der Waals surface area contributed by atoms with Gasteiger partial charge in [-0.1, -0.05) is 13.8 Å². The van der Waals surface area contributed by atoms with Gasteiger partial charge >= 0.3 is 0 Å². The summed E-state index contributed by atoms with van der Waals surface area (Å²) in [6, 6.07) is 3.82. The van der Waals surface area contributed by atoms with Crippen molar-refractivity contribution >= 4 is 34.4 Å². The zero-order valence-corrected chi connectivity index (χ0v) is 18.1. The summed E-state index contributed by atoms with van der Waals surface area (Å²) in [6.45, 7) is 8.22. The molecule has 0 aliphatic heterocycles. The summed E-state index contributed by atoms with van der Waals surface area (Å²) in [5.74, 6) is 2.48. The minimum absolute atomic E-state index is 0.0477. The molecule has 0 saturated heterocycles. The Balaban J connectivity index is 2.39. The lowest BCUT2D eigenvalue weighted by molar-refractivity contribution is 0.228. The van der Waals surface area contributed by atoms with Crippen molar-refractivity contribution in [1.82, 2.24) is 14.9 Å². The molecule has 0 amide bonds. The molecule has 2 aromatic rings. The molecule has 1 N–H and O–H groups in total. The lowest BCUT2D eigenvalue weighted by atomic mass is 10.0. The summed E-state index contributed by atoms with van der Waals surface area (Å²) in [5.41, 5.74) is 0.864. The van der Waals surface area contributed by atoms with E-state index in [-0.39, 0.29) is 6.10 Å². The van der Waals surface area contributed by atoms with E-state index < -0.39 is 0 Å². The number of aromatic amines is 1. The summed E-state index contributed by atoms with van der Waals surface area (Å²) >= 11 is 8.87. The van der Waals surface area contributed by atoms with Gasteiger partial charge in [0.15, 0.2) is 17.3 Å². The highest BCUT2D eigenvalue weighted by atomic mass is 79.9. The molecule has 0 fully saturated rings. The second-order valence-corrected chi connectivity index (χ2v) is 7.40. The van der Waals surface area contributed by atoms with Crippen LogP contribution in [0.2, 0.25) is 0 Å². The van der Waals surface area contributed by atoms with Crippen LogP contribution in [0.1, 0.15) is 57.8 Å². The van der Waals surface area contributed by atoms with Gasteiger partial charge in [-0.15, -0.1) is 0 Å². The number of H-pyrrole nitrogens is 1. The van der Waals surface area contributed by atoms with Gasteiger partial charge in [-0.05, 0) is 72.5 Å². The third-order valence-electron chi connectivity index (χ3n) is 3.95. The van der Waals surface area contributed by atoms with Crippen LogP contribution in [0.25, 0.3) is 0 Å². The van der Waals surface area contributed by atoms with Crippen molar-refractivity contribution in [3.63, 3.8) is 0 Å². The Labute approximate surface area is 167 Å². The van der Waals surface area contributed by atoms with Crippen LogP contribution in [0.5, 0.6) is 11.5 Å². The summed E-state index contributed by atoms with van der Waals surface area (Å²) in [6.07, 6.45) is 3.74. The van der Waals surface area contributed by atoms with Crippen LogP contribution < -0.4 is 9.47 Å². The second-order valence-electron chi connectivity index (χ2n) is 6.16. The maximum Gasteiger partial charge on any atom is 0.216 e. The fourth-order valence-corrected chi connectivity index (χ4v) is 3.36. The van der Waals surface area contributed by atoms with Crippen molar-refractivity contribution < 1.29 is 9.47 Å². The summed E-state index contributed by atoms with van der Waals surface area (Å²) < 4.78 is 14.3. The standard InChI is InChI=1S/C18H25BrN4O2S/c1-6-13(7-2)17-21-22-18(26)23(17)20-10-12-8-14(19)16(25-11(3)4)15(9-12)24-5/h8-11,13H,6-7H2,1-5H3,(H,22,26)/b20-10-. The number of halogens is 1. The molecule has 1 aromatic carbocycles. The highest BCUT2D eigenvalue weighted by Crippen LogP contribution is 2.37. The largest absolute Gasteiger partial charge is 0.493 e. The van der Waals surface area contributed by atoms with Crippen molar-refractivity contribution in [3.8, 4) is 11.5 Å². The van der Waals surface area contributed by atoms with Crippen LogP contribution >= 0.6 is 28.1 Å². The zero-order valence-electron chi connectivity index (χ0n) is 15.7. The number of nitrogens with one attached hydrogen (secondary N) is 1. The number of aromatic nitrogens is 3. The van der Waals surface area contributed by atoms with Crippen molar-refractivity contribution in [1.29, 1.82) is 0 Å². The molecule has 0 aliphatic carbocycles. The minimum atomic E-state index is 0.0477. The lowest BCUT2D eigenvalue weighted by Gasteiger charge is -2.15. The van der Waals surface area contributed by atoms with Crippen LogP contribution in [-0.4, -0.2) is 34.3 Å². The number of hydrogen-bond acceptors (Lipinski definition) is 5. The first-order valence-corrected chi connectivity index (χ1v) is 9.87. The first kappa shape index (κ1) is 20.6. The normalized spacial score (nSPS) is 11.7. The van der Waals surface area contributed by atoms with Gasteiger partial charge in [-0.3, -0.25) is 5.10 Å². The number of methoxy groups -OCH3 is 1. The Morgan fingerprint density at radius 2 is 2.04 bits per heavy atom. The van der Waals surface area contributed by atoms with E-state index in [9.17, 15) is 0 Å². The fraction of sp³-hybridized carbons (Fsp3) is 0.500. The molecular formula is C18H25BrN4O2S. The molecule has 0 saturated carbocycles. The molecule has 0 aliphatic rings. The molecule has 142 valence electrons. The van der Waals surface area contributed by atoms with Crippen molar-refractivity contribution in [2.45, 2.75) is 52.6 Å². The number of ether oxygens (including phenoxy) is 2. The van der Waals surface area contributed by atoms with Crippen LogP contribution in [0.4, 0.5) is 0 Å². The predicted molar refractivity (Wildman–Crippen MR) is 110 cm³/mol. The van der Waals surface area contributed by atoms with E-state index in [2.05, 4.69) is 45.1 Å². The van der Waals surface area contributed by atoms with Crippen LogP contribution in [0, 0.1) is 4.77 Å². The Kier molecular flexibility index (Phi) is 7.40. The van der Waals surface area contributed by atoms with E-state index in [1.54, 1.807) is 18.0 Å². The first-order valence-electron chi connectivity index (χ1n) is 8.67. The first-order chi connectivity index (χ1) is 12.4. The lowest BCUT2D eigenvalue weighted by Crippen LogP contribution is -2.08. The molecule has 26 heavy (non-hydrogen) atoms. The van der Waals surface area contributed by atoms with E-state index in [4.69, 9.17) is 21.7 Å². The summed E-state index contributed by atoms with van der Waals surface area (Å²) in [5, 5.41) is 11.7. The second kappa shape index (κ2) is 9.32. The molecule has 1 aromatic heterocycles. The van der Waals surface area contributed by atoms with Gasteiger partial charge in [0.05, 0.1) is 23.9 Å². The minimum Gasteiger partial charge on any atom is -0.493 e. The van der Waals surface area contributed by atoms with Gasteiger partial charge in [0.25, 0.3) is 0 Å². The van der Waals surface area contributed by atoms with Crippen LogP contribution in [0.3, 0.4) is 0 Å². The van der Waals surface area contributed by atoms with Gasteiger partial charge in [-0.25, -0.2) is 0 Å². The fourth-order valence-electron chi connectivity index (χ4n) is 2.62. The molecule has 0 atom stereocenters. The molecule has 6 nitrogen and oxygen atoms in total. The van der Waals surface area contributed by atoms with Crippen LogP contribution in [-0.2, 0) is 0 Å². The van der Waals surface area contributed by atoms with Gasteiger partial charge in [-0.2, -0.15) is 14.9 Å². The molecule has 0 bridgehead atoms. The number of hydrogen-bond donors (Lipinski definition) is 1. The van der Waals surface area contributed by atoms with E-state index in [0.29, 0.717) is 22.2 Å². The SMILES string of the molecule is CCC(CC)c1n[nH]c(=S)n1/N=C\c1cc(Br)c(OC(C)C)c(OC)c1. The Bertz CT molecular complexity index is 825. The maximum atomic E-state index is 5.82. The highest BCUT2D eigenvalue weighted by Gasteiger charge is 2.16. The monoisotopic (exact) mass is 440 g/mol. The summed E-state index contributed by atoms with van der Waals surface area (Å²) in [4.78, 5) is 0. The van der Waals surface area contributed by atoms with Gasteiger partial charge < -0.3 is 9.47 Å². The van der Waals surface area contributed by atoms with E-state index in [0.717, 1.165) is 28.7 Å². The number of benzene rings is 1. The van der Waals surface area contributed by atoms with Crippen molar-refractivity contribution in [2.24, 2.45) is 5.10 Å². The van der Waals surface area contributed by atoms with Gasteiger partial charge in [0.2, 0.25) is 4.77 Å². The Morgan fingerprint density at radius 3 is 2.62 bits per heavy atom. The van der Waals surface area contributed by atoms with Gasteiger partial charge in [0.1, 0.15) is 0 Å². The maximum absolute atomic E-state index is 5.82. The molecular weight excluding hydrogens is 416 g/mol. The number of nitrogens with zero attached hydrogens (tertiary/aromatic N) is 3. The predicted octanol–water partition coefficient (Wildman–Crippen LogP) is 5.28. The smallest absolute Gasteiger partial charge is 0.216 e. The van der Waals surface area contributed by atoms with Crippen LogP contribution in [0.15, 0.2) is 21.7 Å².